The average molecular weight is 1140 g/mol. The van der Waals surface area contributed by atoms with E-state index in [9.17, 15) is 36.7 Å². The first kappa shape index (κ1) is 47.1. The van der Waals surface area contributed by atoms with Crippen molar-refractivity contribution in [1.82, 2.24) is 19.8 Å². The van der Waals surface area contributed by atoms with Crippen molar-refractivity contribution >= 4 is 102 Å². The highest BCUT2D eigenvalue weighted by Crippen LogP contribution is 2.39. The average Bonchev–Trinajstić information content (AvgIpc) is 3.39. The van der Waals surface area contributed by atoms with Gasteiger partial charge in [-0.2, -0.15) is 0 Å². The Morgan fingerprint density at radius 2 is 0.779 bits per heavy atom. The van der Waals surface area contributed by atoms with Crippen LogP contribution in [0.1, 0.15) is 91.3 Å². The van der Waals surface area contributed by atoms with Crippen LogP contribution in [0.3, 0.4) is 0 Å². The highest BCUT2D eigenvalue weighted by atomic mass is 127. The van der Waals surface area contributed by atoms with Gasteiger partial charge in [0.1, 0.15) is 0 Å². The molecule has 0 radical (unpaired) electrons. The molecule has 5 aromatic carbocycles. The summed E-state index contributed by atoms with van der Waals surface area (Å²) < 4.78 is 49.2. The van der Waals surface area contributed by atoms with Gasteiger partial charge in [-0.3, -0.25) is 38.9 Å². The van der Waals surface area contributed by atoms with Crippen LogP contribution in [0.2, 0.25) is 0 Å². The Morgan fingerprint density at radius 3 is 1.12 bits per heavy atom. The third-order valence-electron chi connectivity index (χ3n) is 12.6. The molecule has 2 saturated heterocycles. The minimum absolute atomic E-state index is 0.183. The summed E-state index contributed by atoms with van der Waals surface area (Å²) in [5.41, 5.74) is 6.04. The molecule has 4 aliphatic rings. The van der Waals surface area contributed by atoms with Crippen molar-refractivity contribution in [2.75, 3.05) is 36.0 Å². The molecule has 0 atom stereocenters. The molecule has 11 rings (SSSR count). The van der Waals surface area contributed by atoms with Crippen molar-refractivity contribution in [3.63, 3.8) is 0 Å². The van der Waals surface area contributed by atoms with Gasteiger partial charge in [0.15, 0.2) is 23.3 Å². The van der Waals surface area contributed by atoms with Gasteiger partial charge in [-0.15, -0.1) is 0 Å². The summed E-state index contributed by atoms with van der Waals surface area (Å²) in [6.45, 7) is 4.45. The van der Waals surface area contributed by atoms with Gasteiger partial charge < -0.3 is 9.80 Å². The molecule has 2 aromatic heterocycles. The monoisotopic (exact) mass is 1140 g/mol. The number of carbonyl (C=O) groups is 4. The van der Waals surface area contributed by atoms with E-state index in [1.165, 1.54) is 93.5 Å². The summed E-state index contributed by atoms with van der Waals surface area (Å²) in [4.78, 5) is 68.6. The standard InChI is InChI=1S/2C23H21N3O2.C6F4I2/c2*27-22-18-9-6-8-17-20(25-13-4-1-5-14-25)11-10-19(21(17)18)23(28)26(22)15-16-7-2-3-12-24-16;7-1-2(8)6(12)4(10)3(9)5(1)11/h2*2-3,6-12H,1,4-5,13-15H2;. The molecule has 7 aromatic rings. The zero-order valence-corrected chi connectivity index (χ0v) is 40.8. The first-order chi connectivity index (χ1) is 32.9. The van der Waals surface area contributed by atoms with E-state index in [1.807, 2.05) is 97.1 Å². The molecule has 4 aliphatic heterocycles. The predicted molar refractivity (Wildman–Crippen MR) is 269 cm³/mol. The van der Waals surface area contributed by atoms with Crippen LogP contribution in [-0.2, 0) is 13.1 Å². The third kappa shape index (κ3) is 9.03. The van der Waals surface area contributed by atoms with E-state index in [0.29, 0.717) is 33.6 Å². The number of aromatic nitrogens is 2. The molecule has 0 bridgehead atoms. The highest BCUT2D eigenvalue weighted by molar-refractivity contribution is 14.1. The van der Waals surface area contributed by atoms with Crippen molar-refractivity contribution in [3.05, 3.63) is 174 Å². The van der Waals surface area contributed by atoms with Crippen LogP contribution in [0, 0.1) is 30.4 Å². The minimum Gasteiger partial charge on any atom is -0.371 e. The number of rotatable bonds is 6. The van der Waals surface area contributed by atoms with Gasteiger partial charge in [0, 0.05) is 93.7 Å². The molecule has 0 spiro atoms. The van der Waals surface area contributed by atoms with Crippen LogP contribution in [0.15, 0.2) is 109 Å². The maximum absolute atomic E-state index is 13.2. The lowest BCUT2D eigenvalue weighted by atomic mass is 9.92. The summed E-state index contributed by atoms with van der Waals surface area (Å²) in [6, 6.07) is 30.4. The van der Waals surface area contributed by atoms with E-state index in [-0.39, 0.29) is 36.7 Å². The topological polar surface area (TPSA) is 107 Å². The lowest BCUT2D eigenvalue weighted by Crippen LogP contribution is -2.40. The summed E-state index contributed by atoms with van der Waals surface area (Å²) in [7, 11) is 0. The summed E-state index contributed by atoms with van der Waals surface area (Å²) in [6.07, 6.45) is 10.6. The van der Waals surface area contributed by atoms with Gasteiger partial charge in [0.25, 0.3) is 23.6 Å². The SMILES string of the molecule is Fc1c(F)c(I)c(F)c(F)c1I.O=C1c2cccc3c(N4CCCCC4)ccc(c23)C(=O)N1Cc1ccccn1.O=C1c2cccc3c(N4CCCCC4)ccc(c23)C(=O)N1Cc1ccccn1. The van der Waals surface area contributed by atoms with Gasteiger partial charge in [0.05, 0.1) is 31.6 Å². The van der Waals surface area contributed by atoms with E-state index in [1.54, 1.807) is 12.4 Å². The number of anilines is 2. The number of carbonyl (C=O) groups excluding carboxylic acids is 4. The molecule has 0 saturated carbocycles. The van der Waals surface area contributed by atoms with E-state index >= 15 is 0 Å². The highest BCUT2D eigenvalue weighted by Gasteiger charge is 2.36. The van der Waals surface area contributed by atoms with Crippen molar-refractivity contribution in [3.8, 4) is 0 Å². The Morgan fingerprint density at radius 1 is 0.426 bits per heavy atom. The van der Waals surface area contributed by atoms with Crippen LogP contribution in [0.5, 0.6) is 0 Å². The van der Waals surface area contributed by atoms with Gasteiger partial charge >= 0.3 is 0 Å². The van der Waals surface area contributed by atoms with Crippen molar-refractivity contribution < 1.29 is 36.7 Å². The predicted octanol–water partition coefficient (Wildman–Crippen LogP) is 11.5. The van der Waals surface area contributed by atoms with E-state index < -0.39 is 30.4 Å². The zero-order chi connectivity index (χ0) is 47.6. The zero-order valence-electron chi connectivity index (χ0n) is 36.5. The summed E-state index contributed by atoms with van der Waals surface area (Å²) in [5.74, 6) is -6.38. The van der Waals surface area contributed by atoms with Crippen molar-refractivity contribution in [1.29, 1.82) is 0 Å². The molecule has 68 heavy (non-hydrogen) atoms. The van der Waals surface area contributed by atoms with Gasteiger partial charge in [-0.05, 0) is 144 Å². The smallest absolute Gasteiger partial charge is 0.261 e. The normalized spacial score (nSPS) is 15.6. The Labute approximate surface area is 416 Å². The lowest BCUT2D eigenvalue weighted by molar-refractivity contribution is 0.0581. The van der Waals surface area contributed by atoms with Crippen molar-refractivity contribution in [2.45, 2.75) is 51.6 Å². The molecule has 0 aliphatic carbocycles. The Kier molecular flexibility index (Phi) is 14.0. The fraction of sp³-hybridized carbons (Fsp3) is 0.231. The summed E-state index contributed by atoms with van der Waals surface area (Å²) >= 11 is 2.41. The number of benzene rings is 5. The Bertz CT molecular complexity index is 2790. The second kappa shape index (κ2) is 20.3. The molecule has 16 heteroatoms. The maximum atomic E-state index is 13.2. The third-order valence-corrected chi connectivity index (χ3v) is 14.5. The fourth-order valence-electron chi connectivity index (χ4n) is 9.26. The molecule has 346 valence electrons. The number of halogens is 6. The number of piperidine rings is 2. The van der Waals surface area contributed by atoms with Gasteiger partial charge in [0.2, 0.25) is 0 Å². The molecular formula is C52H42F4I2N6O4. The second-order valence-corrected chi connectivity index (χ2v) is 18.9. The molecule has 10 nitrogen and oxygen atoms in total. The molecule has 2 fully saturated rings. The number of amides is 4. The quantitative estimate of drug-likeness (QED) is 0.0533. The van der Waals surface area contributed by atoms with Crippen LogP contribution in [0.25, 0.3) is 21.5 Å². The molecular weight excluding hydrogens is 1100 g/mol. The van der Waals surface area contributed by atoms with Crippen LogP contribution >= 0.6 is 45.2 Å². The van der Waals surface area contributed by atoms with E-state index in [4.69, 9.17) is 0 Å². The number of pyridine rings is 2. The molecule has 0 N–H and O–H groups in total. The minimum atomic E-state index is -1.35. The lowest BCUT2D eigenvalue weighted by Gasteiger charge is -2.32. The Balaban J connectivity index is 0.000000138. The molecule has 4 amide bonds. The first-order valence-electron chi connectivity index (χ1n) is 22.2. The van der Waals surface area contributed by atoms with E-state index in [2.05, 4.69) is 19.8 Å². The van der Waals surface area contributed by atoms with Crippen LogP contribution in [0.4, 0.5) is 28.9 Å². The number of nitrogens with zero attached hydrogens (tertiary/aromatic N) is 6. The second-order valence-electron chi connectivity index (χ2n) is 16.7. The van der Waals surface area contributed by atoms with Gasteiger partial charge in [-0.25, -0.2) is 17.6 Å². The number of hydrogen-bond acceptors (Lipinski definition) is 8. The number of imide groups is 2. The largest absolute Gasteiger partial charge is 0.371 e. The van der Waals surface area contributed by atoms with Crippen LogP contribution < -0.4 is 9.80 Å². The summed E-state index contributed by atoms with van der Waals surface area (Å²) in [5, 5.41) is 3.57. The van der Waals surface area contributed by atoms with Crippen LogP contribution in [-0.4, -0.2) is 69.6 Å². The van der Waals surface area contributed by atoms with E-state index in [0.717, 1.165) is 59.1 Å². The first-order valence-corrected chi connectivity index (χ1v) is 24.4. The number of hydrogen-bond donors (Lipinski definition) is 0. The van der Waals surface area contributed by atoms with Crippen molar-refractivity contribution in [2.24, 2.45) is 0 Å². The molecule has 0 unspecified atom stereocenters. The molecule has 6 heterocycles. The fourth-order valence-corrected chi connectivity index (χ4v) is 10.2. The van der Waals surface area contributed by atoms with Gasteiger partial charge in [-0.1, -0.05) is 36.4 Å². The maximum Gasteiger partial charge on any atom is 0.261 e. The Hall–Kier alpha value is -6.02.